The van der Waals surface area contributed by atoms with Gasteiger partial charge in [0, 0.05) is 4.83 Å². The Bertz CT molecular complexity index is 94.9. The Balaban J connectivity index is 2.13. The zero-order valence-corrected chi connectivity index (χ0v) is 8.52. The Morgan fingerprint density at radius 3 is 2.30 bits per heavy atom. The quantitative estimate of drug-likeness (QED) is 0.617. The molecule has 0 spiro atoms. The average molecular weight is 205 g/mol. The fourth-order valence-corrected chi connectivity index (χ4v) is 2.72. The summed E-state index contributed by atoms with van der Waals surface area (Å²) in [5.41, 5.74) is 0. The molecule has 0 aromatic heterocycles. The van der Waals surface area contributed by atoms with E-state index >= 15 is 0 Å². The molecule has 1 rings (SSSR count). The van der Waals surface area contributed by atoms with Crippen LogP contribution in [-0.4, -0.2) is 4.83 Å². The minimum atomic E-state index is 0.807. The zero-order valence-electron chi connectivity index (χ0n) is 6.94. The lowest BCUT2D eigenvalue weighted by molar-refractivity contribution is 0.290. The lowest BCUT2D eigenvalue weighted by Gasteiger charge is -2.31. The van der Waals surface area contributed by atoms with Gasteiger partial charge in [-0.3, -0.25) is 0 Å². The van der Waals surface area contributed by atoms with Crippen LogP contribution in [0.3, 0.4) is 0 Å². The molecule has 1 heteroatoms. The van der Waals surface area contributed by atoms with Crippen LogP contribution in [0.1, 0.15) is 39.5 Å². The summed E-state index contributed by atoms with van der Waals surface area (Å²) in [6, 6.07) is 0. The predicted molar refractivity (Wildman–Crippen MR) is 49.5 cm³/mol. The van der Waals surface area contributed by atoms with Gasteiger partial charge in [-0.05, 0) is 31.1 Å². The minimum absolute atomic E-state index is 0.807. The maximum atomic E-state index is 3.76. The van der Waals surface area contributed by atoms with Gasteiger partial charge in [-0.25, -0.2) is 0 Å². The van der Waals surface area contributed by atoms with Crippen LogP contribution in [0.15, 0.2) is 0 Å². The second kappa shape index (κ2) is 3.75. The maximum absolute atomic E-state index is 3.76. The molecular formula is C9H17Br. The third kappa shape index (κ3) is 2.26. The molecule has 10 heavy (non-hydrogen) atoms. The van der Waals surface area contributed by atoms with E-state index in [1.165, 1.54) is 25.7 Å². The number of halogens is 1. The third-order valence-electron chi connectivity index (χ3n) is 2.36. The molecule has 60 valence electrons. The van der Waals surface area contributed by atoms with Crippen molar-refractivity contribution in [3.8, 4) is 0 Å². The molecule has 0 N–H and O–H groups in total. The van der Waals surface area contributed by atoms with Crippen LogP contribution >= 0.6 is 15.9 Å². The summed E-state index contributed by atoms with van der Waals surface area (Å²) >= 11 is 3.76. The zero-order chi connectivity index (χ0) is 7.56. The van der Waals surface area contributed by atoms with Gasteiger partial charge in [0.15, 0.2) is 0 Å². The van der Waals surface area contributed by atoms with E-state index in [9.17, 15) is 0 Å². The number of hydrogen-bond donors (Lipinski definition) is 0. The van der Waals surface area contributed by atoms with Crippen molar-refractivity contribution >= 4 is 15.9 Å². The first-order valence-electron chi connectivity index (χ1n) is 4.34. The summed E-state index contributed by atoms with van der Waals surface area (Å²) in [6.07, 6.45) is 5.74. The van der Waals surface area contributed by atoms with Gasteiger partial charge < -0.3 is 0 Å². The molecule has 0 heterocycles. The molecule has 0 amide bonds. The Labute approximate surface area is 72.5 Å². The second-order valence-corrected chi connectivity index (χ2v) is 5.01. The van der Waals surface area contributed by atoms with Crippen molar-refractivity contribution in [1.29, 1.82) is 0 Å². The molecule has 0 aromatic carbocycles. The van der Waals surface area contributed by atoms with Gasteiger partial charge in [-0.15, -0.1) is 0 Å². The van der Waals surface area contributed by atoms with Crippen molar-refractivity contribution in [3.63, 3.8) is 0 Å². The number of hydrogen-bond acceptors (Lipinski definition) is 0. The van der Waals surface area contributed by atoms with Crippen LogP contribution in [0, 0.1) is 11.8 Å². The van der Waals surface area contributed by atoms with Crippen LogP contribution in [0.5, 0.6) is 0 Å². The molecule has 0 bridgehead atoms. The highest BCUT2D eigenvalue weighted by molar-refractivity contribution is 9.09. The van der Waals surface area contributed by atoms with Gasteiger partial charge >= 0.3 is 0 Å². The summed E-state index contributed by atoms with van der Waals surface area (Å²) in [7, 11) is 0. The largest absolute Gasteiger partial charge is 0.0888 e. The second-order valence-electron chi connectivity index (χ2n) is 3.84. The molecule has 1 saturated carbocycles. The molecular weight excluding hydrogens is 188 g/mol. The standard InChI is InChI=1S/C9H17Br/c1-7(2)6-9(10)8-4-3-5-8/h7-9H,3-6H2,1-2H3. The van der Waals surface area contributed by atoms with Crippen molar-refractivity contribution < 1.29 is 0 Å². The first kappa shape index (κ1) is 8.58. The average Bonchev–Trinajstić information content (AvgIpc) is 1.55. The van der Waals surface area contributed by atoms with Gasteiger partial charge in [0.05, 0.1) is 0 Å². The van der Waals surface area contributed by atoms with Crippen LogP contribution < -0.4 is 0 Å². The Hall–Kier alpha value is 0.480. The van der Waals surface area contributed by atoms with Crippen molar-refractivity contribution in [2.45, 2.75) is 44.4 Å². The van der Waals surface area contributed by atoms with Crippen molar-refractivity contribution in [2.75, 3.05) is 0 Å². The van der Waals surface area contributed by atoms with Gasteiger partial charge in [-0.2, -0.15) is 0 Å². The van der Waals surface area contributed by atoms with Gasteiger partial charge in [0.2, 0.25) is 0 Å². The summed E-state index contributed by atoms with van der Waals surface area (Å²) in [5.74, 6) is 1.85. The van der Waals surface area contributed by atoms with E-state index in [4.69, 9.17) is 0 Å². The maximum Gasteiger partial charge on any atom is 0.0176 e. The highest BCUT2D eigenvalue weighted by atomic mass is 79.9. The minimum Gasteiger partial charge on any atom is -0.0888 e. The van der Waals surface area contributed by atoms with Crippen molar-refractivity contribution in [2.24, 2.45) is 11.8 Å². The first-order valence-corrected chi connectivity index (χ1v) is 5.25. The molecule has 1 fully saturated rings. The molecule has 0 nitrogen and oxygen atoms in total. The summed E-state index contributed by atoms with van der Waals surface area (Å²) < 4.78 is 0. The topological polar surface area (TPSA) is 0 Å². The molecule has 1 aliphatic carbocycles. The molecule has 0 radical (unpaired) electrons. The predicted octanol–water partition coefficient (Wildman–Crippen LogP) is 3.60. The molecule has 1 atom stereocenters. The fourth-order valence-electron chi connectivity index (χ4n) is 1.44. The fraction of sp³-hybridized carbons (Fsp3) is 1.00. The van der Waals surface area contributed by atoms with E-state index in [1.54, 1.807) is 0 Å². The molecule has 0 saturated heterocycles. The smallest absolute Gasteiger partial charge is 0.0176 e. The lowest BCUT2D eigenvalue weighted by atomic mass is 9.81. The molecule has 0 aliphatic heterocycles. The highest BCUT2D eigenvalue weighted by Crippen LogP contribution is 2.36. The van der Waals surface area contributed by atoms with E-state index in [2.05, 4.69) is 29.8 Å². The number of alkyl halides is 1. The Morgan fingerprint density at radius 1 is 1.40 bits per heavy atom. The Kier molecular flexibility index (Phi) is 3.22. The van der Waals surface area contributed by atoms with E-state index in [0.717, 1.165) is 16.7 Å². The normalized spacial score (nSPS) is 22.8. The van der Waals surface area contributed by atoms with Crippen LogP contribution in [0.4, 0.5) is 0 Å². The summed E-state index contributed by atoms with van der Waals surface area (Å²) in [6.45, 7) is 4.60. The third-order valence-corrected chi connectivity index (χ3v) is 3.48. The summed E-state index contributed by atoms with van der Waals surface area (Å²) in [5, 5.41) is 0. The van der Waals surface area contributed by atoms with E-state index < -0.39 is 0 Å². The highest BCUT2D eigenvalue weighted by Gasteiger charge is 2.25. The van der Waals surface area contributed by atoms with Crippen LogP contribution in [-0.2, 0) is 0 Å². The SMILES string of the molecule is CC(C)CC(Br)C1CCC1. The van der Waals surface area contributed by atoms with Crippen LogP contribution in [0.2, 0.25) is 0 Å². The van der Waals surface area contributed by atoms with E-state index in [-0.39, 0.29) is 0 Å². The lowest BCUT2D eigenvalue weighted by Crippen LogP contribution is -2.23. The first-order chi connectivity index (χ1) is 4.70. The van der Waals surface area contributed by atoms with E-state index in [0.29, 0.717) is 0 Å². The summed E-state index contributed by atoms with van der Waals surface area (Å²) in [4.78, 5) is 0.807. The van der Waals surface area contributed by atoms with Crippen molar-refractivity contribution in [3.05, 3.63) is 0 Å². The van der Waals surface area contributed by atoms with Gasteiger partial charge in [-0.1, -0.05) is 36.2 Å². The van der Waals surface area contributed by atoms with E-state index in [1.807, 2.05) is 0 Å². The van der Waals surface area contributed by atoms with Gasteiger partial charge in [0.1, 0.15) is 0 Å². The molecule has 1 aliphatic rings. The van der Waals surface area contributed by atoms with Gasteiger partial charge in [0.25, 0.3) is 0 Å². The van der Waals surface area contributed by atoms with Crippen molar-refractivity contribution in [1.82, 2.24) is 0 Å². The van der Waals surface area contributed by atoms with Crippen LogP contribution in [0.25, 0.3) is 0 Å². The molecule has 1 unspecified atom stereocenters. The number of rotatable bonds is 3. The molecule has 0 aromatic rings. The Morgan fingerprint density at radius 2 is 2.00 bits per heavy atom. The monoisotopic (exact) mass is 204 g/mol.